The van der Waals surface area contributed by atoms with E-state index < -0.39 is 23.7 Å². The second kappa shape index (κ2) is 9.74. The molecule has 10 nitrogen and oxygen atoms in total. The molecule has 1 aliphatic rings. The van der Waals surface area contributed by atoms with E-state index in [1.807, 2.05) is 6.92 Å². The van der Waals surface area contributed by atoms with E-state index in [-0.39, 0.29) is 22.8 Å². The molecule has 38 heavy (non-hydrogen) atoms. The summed E-state index contributed by atoms with van der Waals surface area (Å²) >= 11 is 0. The predicted molar refractivity (Wildman–Crippen MR) is 138 cm³/mol. The molecule has 1 saturated heterocycles. The zero-order valence-corrected chi connectivity index (χ0v) is 20.5. The molecule has 192 valence electrons. The van der Waals surface area contributed by atoms with Crippen LogP contribution in [0.1, 0.15) is 34.5 Å². The van der Waals surface area contributed by atoms with Crippen LogP contribution in [0, 0.1) is 0 Å². The Labute approximate surface area is 216 Å². The number of hydrogen-bond acceptors (Lipinski definition) is 7. The third kappa shape index (κ3) is 4.21. The summed E-state index contributed by atoms with van der Waals surface area (Å²) in [6.45, 7) is 2.32. The number of imidazole rings is 1. The fourth-order valence-electron chi connectivity index (χ4n) is 4.45. The average Bonchev–Trinajstić information content (AvgIpc) is 3.46. The van der Waals surface area contributed by atoms with Crippen LogP contribution in [0.2, 0.25) is 0 Å². The maximum Gasteiger partial charge on any atom is 0.335 e. The first-order valence-electron chi connectivity index (χ1n) is 11.7. The number of aliphatic hydroxyl groups excluding tert-OH is 1. The lowest BCUT2D eigenvalue weighted by Gasteiger charge is -2.23. The van der Waals surface area contributed by atoms with E-state index in [0.717, 1.165) is 4.90 Å². The molecule has 1 aromatic heterocycles. The predicted octanol–water partition coefficient (Wildman–Crippen LogP) is 4.29. The summed E-state index contributed by atoms with van der Waals surface area (Å²) in [5.74, 6) is -2.15. The van der Waals surface area contributed by atoms with Crippen LogP contribution in [-0.4, -0.2) is 51.6 Å². The van der Waals surface area contributed by atoms with E-state index in [2.05, 4.69) is 9.97 Å². The number of amides is 1. The van der Waals surface area contributed by atoms with Gasteiger partial charge in [-0.15, -0.1) is 0 Å². The molecule has 1 fully saturated rings. The van der Waals surface area contributed by atoms with Crippen molar-refractivity contribution < 1.29 is 34.1 Å². The highest BCUT2D eigenvalue weighted by atomic mass is 16.5. The third-order valence-electron chi connectivity index (χ3n) is 6.24. The Morgan fingerprint density at radius 3 is 2.42 bits per heavy atom. The normalized spacial score (nSPS) is 16.7. The number of rotatable bonds is 7. The molecule has 3 N–H and O–H groups in total. The number of carboxylic acids is 1. The van der Waals surface area contributed by atoms with Gasteiger partial charge in [-0.05, 0) is 67.1 Å². The number of benzene rings is 3. The standard InChI is InChI=1S/C28H23N3O7/c1-3-38-18-10-7-15(8-11-18)24(32)22-23(16-5-4-6-19(13-16)37-2)31(26(34)25(22)33)28-29-20-12-9-17(27(35)36)14-21(20)30-28/h4-14,23,32H,3H2,1-2H3,(H,29,30)(H,35,36)/b24-22+. The van der Waals surface area contributed by atoms with E-state index >= 15 is 0 Å². The second-order valence-electron chi connectivity index (χ2n) is 8.50. The Morgan fingerprint density at radius 1 is 1.00 bits per heavy atom. The highest BCUT2D eigenvalue weighted by Crippen LogP contribution is 2.42. The number of aromatic carboxylic acids is 1. The molecule has 0 bridgehead atoms. The fourth-order valence-corrected chi connectivity index (χ4v) is 4.45. The van der Waals surface area contributed by atoms with Crippen LogP contribution in [0.15, 0.2) is 72.3 Å². The monoisotopic (exact) mass is 513 g/mol. The molecule has 5 rings (SSSR count). The highest BCUT2D eigenvalue weighted by Gasteiger charge is 2.48. The number of nitrogens with one attached hydrogen (secondary N) is 1. The number of hydrogen-bond donors (Lipinski definition) is 3. The van der Waals surface area contributed by atoms with Crippen molar-refractivity contribution in [2.24, 2.45) is 0 Å². The van der Waals surface area contributed by atoms with Crippen LogP contribution in [-0.2, 0) is 9.59 Å². The van der Waals surface area contributed by atoms with E-state index in [9.17, 15) is 24.6 Å². The SMILES string of the molecule is CCOc1ccc(/C(O)=C2\C(=O)C(=O)N(c3nc4ccc(C(=O)O)cc4[nH]3)C2c2cccc(OC)c2)cc1. The number of H-pyrrole nitrogens is 1. The number of ether oxygens (including phenoxy) is 2. The van der Waals surface area contributed by atoms with Gasteiger partial charge in [-0.1, -0.05) is 12.1 Å². The van der Waals surface area contributed by atoms with E-state index in [4.69, 9.17) is 9.47 Å². The van der Waals surface area contributed by atoms with Gasteiger partial charge in [0.25, 0.3) is 5.78 Å². The number of aromatic nitrogens is 2. The zero-order valence-electron chi connectivity index (χ0n) is 20.5. The van der Waals surface area contributed by atoms with Gasteiger partial charge in [0.1, 0.15) is 17.3 Å². The summed E-state index contributed by atoms with van der Waals surface area (Å²) in [7, 11) is 1.50. The molecule has 0 radical (unpaired) electrons. The number of aromatic amines is 1. The summed E-state index contributed by atoms with van der Waals surface area (Å²) < 4.78 is 10.8. The Morgan fingerprint density at radius 2 is 1.74 bits per heavy atom. The number of anilines is 1. The minimum absolute atomic E-state index is 0.0307. The van der Waals surface area contributed by atoms with E-state index in [0.29, 0.717) is 40.3 Å². The van der Waals surface area contributed by atoms with Gasteiger partial charge in [0.15, 0.2) is 0 Å². The van der Waals surface area contributed by atoms with Gasteiger partial charge in [-0.2, -0.15) is 0 Å². The molecule has 1 unspecified atom stereocenters. The van der Waals surface area contributed by atoms with Crippen LogP contribution in [0.25, 0.3) is 16.8 Å². The quantitative estimate of drug-likeness (QED) is 0.189. The van der Waals surface area contributed by atoms with Crippen LogP contribution in [0.3, 0.4) is 0 Å². The molecular formula is C28H23N3O7. The first-order chi connectivity index (χ1) is 18.3. The average molecular weight is 514 g/mol. The number of Topliss-reactive ketones (excluding diaryl/α,β-unsaturated/α-hetero) is 1. The van der Waals surface area contributed by atoms with E-state index in [1.165, 1.54) is 25.3 Å². The molecule has 0 spiro atoms. The summed E-state index contributed by atoms with van der Waals surface area (Å²) in [6.07, 6.45) is 0. The van der Waals surface area contributed by atoms with E-state index in [1.54, 1.807) is 48.5 Å². The van der Waals surface area contributed by atoms with Crippen LogP contribution >= 0.6 is 0 Å². The van der Waals surface area contributed by atoms with Gasteiger partial charge < -0.3 is 24.7 Å². The third-order valence-corrected chi connectivity index (χ3v) is 6.24. The lowest BCUT2D eigenvalue weighted by Crippen LogP contribution is -2.30. The number of carbonyl (C=O) groups excluding carboxylic acids is 2. The van der Waals surface area contributed by atoms with Crippen molar-refractivity contribution >= 4 is 40.4 Å². The van der Waals surface area contributed by atoms with Crippen LogP contribution in [0.5, 0.6) is 11.5 Å². The summed E-state index contributed by atoms with van der Waals surface area (Å²) in [4.78, 5) is 46.8. The van der Waals surface area contributed by atoms with Crippen molar-refractivity contribution in [1.29, 1.82) is 0 Å². The van der Waals surface area contributed by atoms with Gasteiger partial charge >= 0.3 is 11.9 Å². The molecule has 3 aromatic carbocycles. The van der Waals surface area contributed by atoms with Gasteiger partial charge in [0.2, 0.25) is 5.95 Å². The fraction of sp³-hybridized carbons (Fsp3) is 0.143. The summed E-state index contributed by atoms with van der Waals surface area (Å²) in [5.41, 5.74) is 1.52. The number of carboxylic acid groups (broad SMARTS) is 1. The first-order valence-corrected chi connectivity index (χ1v) is 11.7. The van der Waals surface area contributed by atoms with Gasteiger partial charge in [0.05, 0.1) is 41.9 Å². The van der Waals surface area contributed by atoms with Crippen molar-refractivity contribution in [3.63, 3.8) is 0 Å². The van der Waals surface area contributed by atoms with Crippen LogP contribution < -0.4 is 14.4 Å². The Bertz CT molecular complexity index is 1600. The molecule has 10 heteroatoms. The largest absolute Gasteiger partial charge is 0.507 e. The molecule has 4 aromatic rings. The van der Waals surface area contributed by atoms with Crippen molar-refractivity contribution in [1.82, 2.24) is 9.97 Å². The van der Waals surface area contributed by atoms with Crippen molar-refractivity contribution in [3.8, 4) is 11.5 Å². The molecule has 1 atom stereocenters. The van der Waals surface area contributed by atoms with Gasteiger partial charge in [-0.3, -0.25) is 14.5 Å². The molecule has 2 heterocycles. The summed E-state index contributed by atoms with van der Waals surface area (Å²) in [6, 6.07) is 16.6. The maximum atomic E-state index is 13.4. The zero-order chi connectivity index (χ0) is 27.0. The van der Waals surface area contributed by atoms with Gasteiger partial charge in [0, 0.05) is 5.56 Å². The Balaban J connectivity index is 1.69. The number of nitrogens with zero attached hydrogens (tertiary/aromatic N) is 2. The van der Waals surface area contributed by atoms with Gasteiger partial charge in [-0.25, -0.2) is 9.78 Å². The minimum Gasteiger partial charge on any atom is -0.507 e. The smallest absolute Gasteiger partial charge is 0.335 e. The molecule has 0 saturated carbocycles. The second-order valence-corrected chi connectivity index (χ2v) is 8.50. The Hall–Kier alpha value is -5.12. The maximum absolute atomic E-state index is 13.4. The lowest BCUT2D eigenvalue weighted by molar-refractivity contribution is -0.132. The van der Waals surface area contributed by atoms with Crippen molar-refractivity contribution in [2.45, 2.75) is 13.0 Å². The summed E-state index contributed by atoms with van der Waals surface area (Å²) in [5, 5.41) is 20.6. The van der Waals surface area contributed by atoms with Crippen molar-refractivity contribution in [2.75, 3.05) is 18.6 Å². The molecular weight excluding hydrogens is 490 g/mol. The number of aliphatic hydroxyl groups is 1. The number of fused-ring (bicyclic) bond motifs is 1. The van der Waals surface area contributed by atoms with Crippen molar-refractivity contribution in [3.05, 3.63) is 89.0 Å². The number of carbonyl (C=O) groups is 3. The lowest BCUT2D eigenvalue weighted by atomic mass is 9.95. The van der Waals surface area contributed by atoms with Crippen LogP contribution in [0.4, 0.5) is 5.95 Å². The molecule has 1 aliphatic heterocycles. The number of ketones is 1. The highest BCUT2D eigenvalue weighted by molar-refractivity contribution is 6.51. The molecule has 1 amide bonds. The minimum atomic E-state index is -1.12. The Kier molecular flexibility index (Phi) is 6.29. The number of methoxy groups -OCH3 is 1. The molecule has 0 aliphatic carbocycles. The first kappa shape index (κ1) is 24.6. The topological polar surface area (TPSA) is 142 Å².